The molecule has 0 aromatic rings. The Morgan fingerprint density at radius 1 is 1.06 bits per heavy atom. The topological polar surface area (TPSA) is 77.8 Å². The fourth-order valence-corrected chi connectivity index (χ4v) is 9.46. The summed E-state index contributed by atoms with van der Waals surface area (Å²) in [5, 5.41) is 31.4. The van der Waals surface area contributed by atoms with Gasteiger partial charge in [0.05, 0.1) is 12.2 Å². The molecule has 0 aromatic heterocycles. The van der Waals surface area contributed by atoms with Gasteiger partial charge in [-0.25, -0.2) is 0 Å². The fourth-order valence-electron chi connectivity index (χ4n) is 9.46. The molecule has 176 valence electrons. The van der Waals surface area contributed by atoms with E-state index in [0.717, 1.165) is 32.1 Å². The van der Waals surface area contributed by atoms with Crippen molar-refractivity contribution in [1.29, 1.82) is 0 Å². The molecule has 4 aliphatic rings. The number of aliphatic carboxylic acids is 1. The smallest absolute Gasteiger partial charge is 0.303 e. The Hall–Kier alpha value is -0.870. The molecule has 11 atom stereocenters. The molecule has 0 amide bonds. The second kappa shape index (κ2) is 8.48. The molecular weight excluding hydrogens is 388 g/mol. The van der Waals surface area contributed by atoms with Crippen molar-refractivity contribution in [2.75, 3.05) is 0 Å². The number of fused-ring (bicyclic) bond motifs is 5. The molecule has 0 radical (unpaired) electrons. The van der Waals surface area contributed by atoms with Gasteiger partial charge in [0.25, 0.3) is 0 Å². The predicted molar refractivity (Wildman–Crippen MR) is 122 cm³/mol. The van der Waals surface area contributed by atoms with Crippen molar-refractivity contribution >= 4 is 5.97 Å². The van der Waals surface area contributed by atoms with Gasteiger partial charge in [-0.05, 0) is 110 Å². The molecule has 3 N–H and O–H groups in total. The van der Waals surface area contributed by atoms with Crippen molar-refractivity contribution in [3.63, 3.8) is 0 Å². The lowest BCUT2D eigenvalue weighted by Gasteiger charge is -2.64. The molecule has 0 aliphatic heterocycles. The largest absolute Gasteiger partial charge is 0.481 e. The zero-order valence-electron chi connectivity index (χ0n) is 19.8. The number of carbonyl (C=O) groups is 1. The van der Waals surface area contributed by atoms with Crippen LogP contribution in [0.15, 0.2) is 12.7 Å². The van der Waals surface area contributed by atoms with Crippen LogP contribution in [-0.4, -0.2) is 33.5 Å². The number of rotatable bonds is 6. The first-order valence-electron chi connectivity index (χ1n) is 12.8. The summed E-state index contributed by atoms with van der Waals surface area (Å²) in [6, 6.07) is 0. The molecule has 0 saturated heterocycles. The SMILES string of the molecule is C=CC[C@H]1[C@@H](O)[C@@H]2[C@H](CC[C@@]3(C)[C@H]2CC[C@H]3[C@H](C)CCC(=O)O)[C@@]2(C)CC[C@@H](O)C[C@@H]12. The van der Waals surface area contributed by atoms with E-state index in [9.17, 15) is 15.0 Å². The third-order valence-corrected chi connectivity index (χ3v) is 10.9. The third-order valence-electron chi connectivity index (χ3n) is 10.9. The Morgan fingerprint density at radius 3 is 2.42 bits per heavy atom. The minimum absolute atomic E-state index is 0.199. The highest BCUT2D eigenvalue weighted by atomic mass is 16.4. The van der Waals surface area contributed by atoms with Crippen LogP contribution in [0, 0.1) is 52.3 Å². The fraction of sp³-hybridized carbons (Fsp3) is 0.889. The Labute approximate surface area is 188 Å². The highest BCUT2D eigenvalue weighted by Crippen LogP contribution is 2.69. The van der Waals surface area contributed by atoms with Crippen molar-refractivity contribution in [3.8, 4) is 0 Å². The summed E-state index contributed by atoms with van der Waals surface area (Å²) in [6.45, 7) is 11.2. The minimum atomic E-state index is -0.691. The van der Waals surface area contributed by atoms with Crippen LogP contribution in [0.25, 0.3) is 0 Å². The van der Waals surface area contributed by atoms with Crippen molar-refractivity contribution in [3.05, 3.63) is 12.7 Å². The van der Waals surface area contributed by atoms with Crippen molar-refractivity contribution in [2.24, 2.45) is 52.3 Å². The lowest BCUT2D eigenvalue weighted by Crippen LogP contribution is -2.62. The molecule has 4 fully saturated rings. The molecule has 0 aromatic carbocycles. The summed E-state index contributed by atoms with van der Waals surface area (Å²) < 4.78 is 0. The van der Waals surface area contributed by atoms with Crippen LogP contribution < -0.4 is 0 Å². The van der Waals surface area contributed by atoms with Gasteiger partial charge >= 0.3 is 5.97 Å². The van der Waals surface area contributed by atoms with Gasteiger partial charge in [-0.2, -0.15) is 0 Å². The van der Waals surface area contributed by atoms with Crippen LogP contribution >= 0.6 is 0 Å². The van der Waals surface area contributed by atoms with E-state index in [2.05, 4.69) is 27.4 Å². The third kappa shape index (κ3) is 3.70. The van der Waals surface area contributed by atoms with Crippen LogP contribution in [0.1, 0.15) is 85.0 Å². The van der Waals surface area contributed by atoms with Gasteiger partial charge in [-0.3, -0.25) is 4.79 Å². The van der Waals surface area contributed by atoms with E-state index in [1.165, 1.54) is 25.7 Å². The average molecular weight is 433 g/mol. The second-order valence-electron chi connectivity index (χ2n) is 12.1. The molecule has 0 heterocycles. The Balaban J connectivity index is 1.63. The maximum absolute atomic E-state index is 11.8. The lowest BCUT2D eigenvalue weighted by atomic mass is 9.41. The standard InChI is InChI=1S/C27H44O4/c1-5-6-18-22-15-17(28)11-13-27(22,4)21-12-14-26(3)19(16(2)7-10-23(29)30)8-9-20(26)24(21)25(18)31/h5,16-22,24-25,28,31H,1,6-15H2,2-4H3,(H,29,30)/t16-,17-,18-,19+,20+,21+,22+,24+,25-,26-,27-/m1/s1. The van der Waals surface area contributed by atoms with E-state index in [-0.39, 0.29) is 35.4 Å². The van der Waals surface area contributed by atoms with Crippen LogP contribution in [0.4, 0.5) is 0 Å². The molecule has 0 bridgehead atoms. The van der Waals surface area contributed by atoms with Gasteiger partial charge in [0.2, 0.25) is 0 Å². The first kappa shape index (κ1) is 23.3. The van der Waals surface area contributed by atoms with Crippen LogP contribution in [0.5, 0.6) is 0 Å². The van der Waals surface area contributed by atoms with Gasteiger partial charge in [-0.1, -0.05) is 26.8 Å². The molecule has 0 unspecified atom stereocenters. The molecule has 4 saturated carbocycles. The summed E-state index contributed by atoms with van der Waals surface area (Å²) >= 11 is 0. The summed E-state index contributed by atoms with van der Waals surface area (Å²) in [4.78, 5) is 11.1. The quantitative estimate of drug-likeness (QED) is 0.499. The maximum atomic E-state index is 11.8. The molecule has 4 aliphatic carbocycles. The number of carboxylic acid groups (broad SMARTS) is 1. The minimum Gasteiger partial charge on any atom is -0.481 e. The number of hydrogen-bond donors (Lipinski definition) is 3. The van der Waals surface area contributed by atoms with Gasteiger partial charge in [0.1, 0.15) is 0 Å². The van der Waals surface area contributed by atoms with Crippen LogP contribution in [-0.2, 0) is 4.79 Å². The summed E-state index contributed by atoms with van der Waals surface area (Å²) in [7, 11) is 0. The van der Waals surface area contributed by atoms with Gasteiger partial charge in [0.15, 0.2) is 0 Å². The molecule has 4 nitrogen and oxygen atoms in total. The van der Waals surface area contributed by atoms with E-state index < -0.39 is 5.97 Å². The molecule has 31 heavy (non-hydrogen) atoms. The van der Waals surface area contributed by atoms with Crippen molar-refractivity contribution in [2.45, 2.75) is 97.2 Å². The summed E-state index contributed by atoms with van der Waals surface area (Å²) in [6.07, 6.45) is 10.8. The molecule has 4 rings (SSSR count). The Bertz CT molecular complexity index is 691. The Morgan fingerprint density at radius 2 is 1.74 bits per heavy atom. The normalized spacial score (nSPS) is 50.1. The second-order valence-corrected chi connectivity index (χ2v) is 12.1. The summed E-state index contributed by atoms with van der Waals surface area (Å²) in [5.41, 5.74) is 0.404. The van der Waals surface area contributed by atoms with Crippen molar-refractivity contribution < 1.29 is 20.1 Å². The van der Waals surface area contributed by atoms with Gasteiger partial charge < -0.3 is 15.3 Å². The van der Waals surface area contributed by atoms with E-state index in [4.69, 9.17) is 5.11 Å². The summed E-state index contributed by atoms with van der Waals surface area (Å²) in [5.74, 6) is 2.25. The van der Waals surface area contributed by atoms with E-state index in [1.54, 1.807) is 0 Å². The first-order chi connectivity index (χ1) is 14.6. The number of aliphatic hydroxyl groups is 2. The van der Waals surface area contributed by atoms with E-state index in [1.807, 2.05) is 6.08 Å². The van der Waals surface area contributed by atoms with E-state index in [0.29, 0.717) is 35.5 Å². The zero-order valence-corrected chi connectivity index (χ0v) is 19.8. The number of hydrogen-bond acceptors (Lipinski definition) is 3. The maximum Gasteiger partial charge on any atom is 0.303 e. The number of carboxylic acids is 1. The predicted octanol–water partition coefficient (Wildman–Crippen LogP) is 5.28. The average Bonchev–Trinajstić information content (AvgIpc) is 3.07. The number of allylic oxidation sites excluding steroid dienone is 1. The van der Waals surface area contributed by atoms with Crippen LogP contribution in [0.3, 0.4) is 0 Å². The van der Waals surface area contributed by atoms with Gasteiger partial charge in [-0.15, -0.1) is 6.58 Å². The molecule has 0 spiro atoms. The molecule has 4 heteroatoms. The first-order valence-corrected chi connectivity index (χ1v) is 12.8. The van der Waals surface area contributed by atoms with Crippen LogP contribution in [0.2, 0.25) is 0 Å². The monoisotopic (exact) mass is 432 g/mol. The van der Waals surface area contributed by atoms with Gasteiger partial charge in [0, 0.05) is 6.42 Å². The lowest BCUT2D eigenvalue weighted by molar-refractivity contribution is -0.202. The highest BCUT2D eigenvalue weighted by molar-refractivity contribution is 5.66. The highest BCUT2D eigenvalue weighted by Gasteiger charge is 2.64. The zero-order chi connectivity index (χ0) is 22.6. The van der Waals surface area contributed by atoms with E-state index >= 15 is 0 Å². The number of aliphatic hydroxyl groups excluding tert-OH is 2. The Kier molecular flexibility index (Phi) is 6.37. The molecular formula is C27H44O4. The van der Waals surface area contributed by atoms with Crippen molar-refractivity contribution in [1.82, 2.24) is 0 Å².